The van der Waals surface area contributed by atoms with E-state index in [0.29, 0.717) is 25.1 Å². The summed E-state index contributed by atoms with van der Waals surface area (Å²) in [6.45, 7) is 2.07. The quantitative estimate of drug-likeness (QED) is 0.889. The third-order valence-electron chi connectivity index (χ3n) is 3.64. The van der Waals surface area contributed by atoms with Crippen molar-refractivity contribution in [1.82, 2.24) is 5.32 Å². The van der Waals surface area contributed by atoms with E-state index >= 15 is 0 Å². The molecule has 1 aromatic carbocycles. The number of benzene rings is 1. The molecule has 1 fully saturated rings. The van der Waals surface area contributed by atoms with Gasteiger partial charge in [0.25, 0.3) is 0 Å². The molecule has 1 aliphatic rings. The lowest BCUT2D eigenvalue weighted by atomic mass is 9.77. The molecule has 20 heavy (non-hydrogen) atoms. The van der Waals surface area contributed by atoms with Crippen molar-refractivity contribution in [2.24, 2.45) is 0 Å². The number of nitrogens with one attached hydrogen (secondary N) is 1. The number of halogens is 1. The van der Waals surface area contributed by atoms with Gasteiger partial charge in [-0.05, 0) is 44.4 Å². The third-order valence-corrected chi connectivity index (χ3v) is 3.64. The average Bonchev–Trinajstić information content (AvgIpc) is 2.34. The number of aliphatic carboxylic acids is 1. The highest BCUT2D eigenvalue weighted by atomic mass is 19.1. The fraction of sp³-hybridized carbons (Fsp3) is 0.429. The van der Waals surface area contributed by atoms with Crippen molar-refractivity contribution in [3.63, 3.8) is 0 Å². The Morgan fingerprint density at radius 3 is 2.60 bits per heavy atom. The van der Waals surface area contributed by atoms with E-state index in [0.717, 1.165) is 6.42 Å². The van der Waals surface area contributed by atoms with Crippen molar-refractivity contribution in [2.75, 3.05) is 11.4 Å². The van der Waals surface area contributed by atoms with Gasteiger partial charge < -0.3 is 10.4 Å². The summed E-state index contributed by atoms with van der Waals surface area (Å²) in [6, 6.07) is 5.15. The summed E-state index contributed by atoms with van der Waals surface area (Å²) >= 11 is 0. The molecule has 0 radical (unpaired) electrons. The summed E-state index contributed by atoms with van der Waals surface area (Å²) < 4.78 is 13.2. The molecule has 0 unspecified atom stereocenters. The summed E-state index contributed by atoms with van der Waals surface area (Å²) in [6.07, 6.45) is 1.63. The van der Waals surface area contributed by atoms with Gasteiger partial charge in [0.1, 0.15) is 11.4 Å². The maximum atomic E-state index is 13.2. The molecular weight excluding hydrogens is 263 g/mol. The SMILES string of the molecule is CCN(C(=O)NC1(C(=O)O)CCC1)c1cccc(F)c1. The summed E-state index contributed by atoms with van der Waals surface area (Å²) in [5, 5.41) is 11.8. The normalized spacial score (nSPS) is 16.1. The third kappa shape index (κ3) is 2.59. The molecule has 0 atom stereocenters. The van der Waals surface area contributed by atoms with E-state index in [2.05, 4.69) is 5.32 Å². The van der Waals surface area contributed by atoms with Gasteiger partial charge in [0.05, 0.1) is 0 Å². The largest absolute Gasteiger partial charge is 0.480 e. The smallest absolute Gasteiger partial charge is 0.329 e. The maximum Gasteiger partial charge on any atom is 0.329 e. The van der Waals surface area contributed by atoms with Crippen LogP contribution in [-0.4, -0.2) is 29.2 Å². The van der Waals surface area contributed by atoms with Gasteiger partial charge >= 0.3 is 12.0 Å². The lowest BCUT2D eigenvalue weighted by molar-refractivity contribution is -0.148. The molecule has 1 saturated carbocycles. The van der Waals surface area contributed by atoms with Crippen LogP contribution in [0.3, 0.4) is 0 Å². The summed E-state index contributed by atoms with van der Waals surface area (Å²) in [4.78, 5) is 24.8. The first-order valence-electron chi connectivity index (χ1n) is 6.57. The molecule has 6 heteroatoms. The van der Waals surface area contributed by atoms with Crippen molar-refractivity contribution in [2.45, 2.75) is 31.7 Å². The molecule has 0 saturated heterocycles. The second-order valence-corrected chi connectivity index (χ2v) is 4.90. The van der Waals surface area contributed by atoms with Crippen molar-refractivity contribution in [3.8, 4) is 0 Å². The number of amides is 2. The van der Waals surface area contributed by atoms with Crippen molar-refractivity contribution < 1.29 is 19.1 Å². The first-order chi connectivity index (χ1) is 9.48. The highest BCUT2D eigenvalue weighted by Crippen LogP contribution is 2.32. The number of urea groups is 1. The van der Waals surface area contributed by atoms with Gasteiger partial charge in [-0.1, -0.05) is 6.07 Å². The first kappa shape index (κ1) is 14.3. The van der Waals surface area contributed by atoms with Crippen molar-refractivity contribution >= 4 is 17.7 Å². The first-order valence-corrected chi connectivity index (χ1v) is 6.57. The van der Waals surface area contributed by atoms with Crippen LogP contribution in [0.15, 0.2) is 24.3 Å². The minimum atomic E-state index is -1.17. The number of rotatable bonds is 4. The number of nitrogens with zero attached hydrogens (tertiary/aromatic N) is 1. The Bertz CT molecular complexity index is 529. The summed E-state index contributed by atoms with van der Waals surface area (Å²) in [5.74, 6) is -1.46. The van der Waals surface area contributed by atoms with Gasteiger partial charge in [-0.25, -0.2) is 14.0 Å². The van der Waals surface area contributed by atoms with Crippen molar-refractivity contribution in [1.29, 1.82) is 0 Å². The summed E-state index contributed by atoms with van der Waals surface area (Å²) in [7, 11) is 0. The molecule has 0 spiro atoms. The van der Waals surface area contributed by atoms with Gasteiger partial charge in [0, 0.05) is 12.2 Å². The summed E-state index contributed by atoms with van der Waals surface area (Å²) in [5.41, 5.74) is -0.762. The van der Waals surface area contributed by atoms with Crippen LogP contribution in [0.2, 0.25) is 0 Å². The highest BCUT2D eigenvalue weighted by molar-refractivity contribution is 5.96. The zero-order chi connectivity index (χ0) is 14.8. The van der Waals surface area contributed by atoms with E-state index in [1.54, 1.807) is 13.0 Å². The molecule has 2 amide bonds. The molecule has 1 aromatic rings. The molecule has 1 aliphatic carbocycles. The number of hydrogen-bond donors (Lipinski definition) is 2. The van der Waals surface area contributed by atoms with E-state index in [1.807, 2.05) is 0 Å². The fourth-order valence-electron chi connectivity index (χ4n) is 2.28. The second kappa shape index (κ2) is 5.48. The molecule has 2 N–H and O–H groups in total. The molecule has 0 bridgehead atoms. The Hall–Kier alpha value is -2.11. The number of carboxylic acid groups (broad SMARTS) is 1. The number of hydrogen-bond acceptors (Lipinski definition) is 2. The van der Waals surface area contributed by atoms with Crippen LogP contribution in [0, 0.1) is 5.82 Å². The lowest BCUT2D eigenvalue weighted by Crippen LogP contribution is -2.61. The maximum absolute atomic E-state index is 13.2. The van der Waals surface area contributed by atoms with Crippen molar-refractivity contribution in [3.05, 3.63) is 30.1 Å². The Kier molecular flexibility index (Phi) is 3.92. The number of carbonyl (C=O) groups excluding carboxylic acids is 1. The Morgan fingerprint density at radius 1 is 1.45 bits per heavy atom. The minimum absolute atomic E-state index is 0.324. The highest BCUT2D eigenvalue weighted by Gasteiger charge is 2.46. The molecular formula is C14H17FN2O3. The van der Waals surface area contributed by atoms with Gasteiger partial charge in [-0.3, -0.25) is 4.90 Å². The van der Waals surface area contributed by atoms with Crippen LogP contribution < -0.4 is 10.2 Å². The van der Waals surface area contributed by atoms with Crippen LogP contribution in [0.5, 0.6) is 0 Å². The zero-order valence-corrected chi connectivity index (χ0v) is 11.2. The number of carboxylic acids is 1. The van der Waals surface area contributed by atoms with E-state index in [9.17, 15) is 19.1 Å². The predicted molar refractivity (Wildman–Crippen MR) is 72.2 cm³/mol. The fourth-order valence-corrected chi connectivity index (χ4v) is 2.28. The Balaban J connectivity index is 2.16. The molecule has 108 valence electrons. The number of carbonyl (C=O) groups is 2. The van der Waals surface area contributed by atoms with E-state index in [1.165, 1.54) is 23.1 Å². The molecule has 2 rings (SSSR count). The standard InChI is InChI=1S/C14H17FN2O3/c1-2-17(11-6-3-5-10(15)9-11)13(20)16-14(12(18)19)7-4-8-14/h3,5-6,9H,2,4,7-8H2,1H3,(H,16,20)(H,18,19). The Labute approximate surface area is 116 Å². The van der Waals surface area contributed by atoms with Gasteiger partial charge in [-0.15, -0.1) is 0 Å². The molecule has 5 nitrogen and oxygen atoms in total. The topological polar surface area (TPSA) is 69.6 Å². The minimum Gasteiger partial charge on any atom is -0.480 e. The predicted octanol–water partition coefficient (Wildman–Crippen LogP) is 2.37. The van der Waals surface area contributed by atoms with Crippen LogP contribution in [-0.2, 0) is 4.79 Å². The molecule has 0 aromatic heterocycles. The van der Waals surface area contributed by atoms with Crippen LogP contribution in [0.4, 0.5) is 14.9 Å². The van der Waals surface area contributed by atoms with Gasteiger partial charge in [0.15, 0.2) is 0 Å². The molecule has 0 aliphatic heterocycles. The lowest BCUT2D eigenvalue weighted by Gasteiger charge is -2.39. The number of anilines is 1. The van der Waals surface area contributed by atoms with E-state index in [4.69, 9.17) is 0 Å². The van der Waals surface area contributed by atoms with E-state index < -0.39 is 23.4 Å². The van der Waals surface area contributed by atoms with E-state index in [-0.39, 0.29) is 0 Å². The van der Waals surface area contributed by atoms with Gasteiger partial charge in [-0.2, -0.15) is 0 Å². The Morgan fingerprint density at radius 2 is 2.15 bits per heavy atom. The zero-order valence-electron chi connectivity index (χ0n) is 11.2. The second-order valence-electron chi connectivity index (χ2n) is 4.90. The van der Waals surface area contributed by atoms with Crippen LogP contribution in [0.1, 0.15) is 26.2 Å². The van der Waals surface area contributed by atoms with Crippen LogP contribution >= 0.6 is 0 Å². The van der Waals surface area contributed by atoms with Gasteiger partial charge in [0.2, 0.25) is 0 Å². The monoisotopic (exact) mass is 280 g/mol. The van der Waals surface area contributed by atoms with Crippen LogP contribution in [0.25, 0.3) is 0 Å². The molecule has 0 heterocycles. The average molecular weight is 280 g/mol.